The summed E-state index contributed by atoms with van der Waals surface area (Å²) in [6, 6.07) is 8.25. The zero-order valence-electron chi connectivity index (χ0n) is 17.3. The van der Waals surface area contributed by atoms with Gasteiger partial charge in [0.1, 0.15) is 5.75 Å². The SMILES string of the molecule is C=CCn1c(SCC(=O)NC2CCCCC2)nnc1C(C)Oc1cccc(C)c1. The second-order valence-electron chi connectivity index (χ2n) is 7.51. The van der Waals surface area contributed by atoms with Crippen LogP contribution in [0.1, 0.15) is 56.5 Å². The number of thioether (sulfide) groups is 1. The van der Waals surface area contributed by atoms with Crippen molar-refractivity contribution >= 4 is 17.7 Å². The lowest BCUT2D eigenvalue weighted by molar-refractivity contribution is -0.119. The van der Waals surface area contributed by atoms with Gasteiger partial charge in [0.15, 0.2) is 17.1 Å². The van der Waals surface area contributed by atoms with Crippen molar-refractivity contribution in [2.75, 3.05) is 5.75 Å². The molecule has 3 rings (SSSR count). The van der Waals surface area contributed by atoms with E-state index in [0.29, 0.717) is 23.5 Å². The maximum Gasteiger partial charge on any atom is 0.230 e. The van der Waals surface area contributed by atoms with Crippen molar-refractivity contribution in [3.8, 4) is 5.75 Å². The molecule has 1 aliphatic carbocycles. The lowest BCUT2D eigenvalue weighted by Gasteiger charge is -2.22. The third-order valence-electron chi connectivity index (χ3n) is 5.03. The number of benzene rings is 1. The van der Waals surface area contributed by atoms with Gasteiger partial charge in [-0.15, -0.1) is 16.8 Å². The van der Waals surface area contributed by atoms with Crippen LogP contribution < -0.4 is 10.1 Å². The fourth-order valence-corrected chi connectivity index (χ4v) is 4.37. The van der Waals surface area contributed by atoms with Gasteiger partial charge in [0, 0.05) is 12.6 Å². The quantitative estimate of drug-likeness (QED) is 0.485. The summed E-state index contributed by atoms with van der Waals surface area (Å²) < 4.78 is 8.03. The lowest BCUT2D eigenvalue weighted by Crippen LogP contribution is -2.37. The minimum Gasteiger partial charge on any atom is -0.483 e. The number of hydrogen-bond donors (Lipinski definition) is 1. The van der Waals surface area contributed by atoms with Crippen LogP contribution in [0.4, 0.5) is 0 Å². The Hall–Kier alpha value is -2.28. The Labute approximate surface area is 177 Å². The molecule has 29 heavy (non-hydrogen) atoms. The van der Waals surface area contributed by atoms with E-state index in [0.717, 1.165) is 30.0 Å². The molecule has 1 atom stereocenters. The van der Waals surface area contributed by atoms with Crippen LogP contribution in [0.25, 0.3) is 0 Å². The molecule has 7 heteroatoms. The number of allylic oxidation sites excluding steroid dienone is 1. The normalized spacial score (nSPS) is 15.7. The molecule has 1 unspecified atom stereocenters. The molecule has 0 aliphatic heterocycles. The molecule has 1 aromatic carbocycles. The molecule has 0 bridgehead atoms. The monoisotopic (exact) mass is 414 g/mol. The number of carbonyl (C=O) groups is 1. The summed E-state index contributed by atoms with van der Waals surface area (Å²) in [4.78, 5) is 12.3. The predicted molar refractivity (Wildman–Crippen MR) is 116 cm³/mol. The van der Waals surface area contributed by atoms with Gasteiger partial charge in [0.2, 0.25) is 5.91 Å². The van der Waals surface area contributed by atoms with E-state index in [-0.39, 0.29) is 12.0 Å². The molecular weight excluding hydrogens is 384 g/mol. The molecule has 0 radical (unpaired) electrons. The predicted octanol–water partition coefficient (Wildman–Crippen LogP) is 4.45. The molecule has 1 aliphatic rings. The summed E-state index contributed by atoms with van der Waals surface area (Å²) in [6.07, 6.45) is 7.38. The number of hydrogen-bond acceptors (Lipinski definition) is 5. The smallest absolute Gasteiger partial charge is 0.230 e. The summed E-state index contributed by atoms with van der Waals surface area (Å²) >= 11 is 1.40. The molecule has 156 valence electrons. The van der Waals surface area contributed by atoms with Crippen molar-refractivity contribution in [2.45, 2.75) is 69.8 Å². The van der Waals surface area contributed by atoms with Crippen LogP contribution in [-0.4, -0.2) is 32.5 Å². The molecule has 1 aromatic heterocycles. The first kappa shape index (κ1) is 21.4. The zero-order chi connectivity index (χ0) is 20.6. The van der Waals surface area contributed by atoms with E-state index < -0.39 is 0 Å². The average molecular weight is 415 g/mol. The minimum atomic E-state index is -0.269. The summed E-state index contributed by atoms with van der Waals surface area (Å²) in [6.45, 7) is 8.39. The second-order valence-corrected chi connectivity index (χ2v) is 8.45. The van der Waals surface area contributed by atoms with E-state index in [1.54, 1.807) is 6.08 Å². The van der Waals surface area contributed by atoms with Gasteiger partial charge in [-0.25, -0.2) is 0 Å². The molecule has 0 saturated heterocycles. The number of aromatic nitrogens is 3. The highest BCUT2D eigenvalue weighted by Gasteiger charge is 2.21. The van der Waals surface area contributed by atoms with Crippen molar-refractivity contribution in [1.29, 1.82) is 0 Å². The van der Waals surface area contributed by atoms with E-state index in [9.17, 15) is 4.79 Å². The molecular formula is C22H30N4O2S. The van der Waals surface area contributed by atoms with Crippen LogP contribution in [0.3, 0.4) is 0 Å². The van der Waals surface area contributed by atoms with Gasteiger partial charge in [-0.3, -0.25) is 9.36 Å². The topological polar surface area (TPSA) is 69.0 Å². The standard InChI is InChI=1S/C22H30N4O2S/c1-4-13-26-21(17(3)28-19-12-8-9-16(2)14-19)24-25-22(26)29-15-20(27)23-18-10-6-5-7-11-18/h4,8-9,12,14,17-18H,1,5-7,10-11,13,15H2,2-3H3,(H,23,27). The lowest BCUT2D eigenvalue weighted by atomic mass is 9.95. The number of carbonyl (C=O) groups excluding carboxylic acids is 1. The van der Waals surface area contributed by atoms with Gasteiger partial charge < -0.3 is 10.1 Å². The van der Waals surface area contributed by atoms with Gasteiger partial charge in [-0.1, -0.05) is 49.2 Å². The highest BCUT2D eigenvalue weighted by Crippen LogP contribution is 2.25. The van der Waals surface area contributed by atoms with E-state index >= 15 is 0 Å². The zero-order valence-corrected chi connectivity index (χ0v) is 18.1. The molecule has 6 nitrogen and oxygen atoms in total. The van der Waals surface area contributed by atoms with Crippen LogP contribution in [0.2, 0.25) is 0 Å². The van der Waals surface area contributed by atoms with Crippen molar-refractivity contribution in [3.63, 3.8) is 0 Å². The fourth-order valence-electron chi connectivity index (χ4n) is 3.60. The maximum absolute atomic E-state index is 12.3. The average Bonchev–Trinajstić information content (AvgIpc) is 3.10. The van der Waals surface area contributed by atoms with Crippen molar-refractivity contribution < 1.29 is 9.53 Å². The first-order chi connectivity index (χ1) is 14.1. The Bertz CT molecular complexity index is 830. The maximum atomic E-state index is 12.3. The number of rotatable bonds is 9. The molecule has 1 fully saturated rings. The molecule has 1 saturated carbocycles. The minimum absolute atomic E-state index is 0.0562. The van der Waals surface area contributed by atoms with E-state index in [4.69, 9.17) is 4.74 Å². The van der Waals surface area contributed by atoms with Crippen LogP contribution in [0.15, 0.2) is 42.1 Å². The third-order valence-corrected chi connectivity index (χ3v) is 5.99. The number of aryl methyl sites for hydroxylation is 1. The summed E-state index contributed by atoms with van der Waals surface area (Å²) in [5.41, 5.74) is 1.14. The summed E-state index contributed by atoms with van der Waals surface area (Å²) in [7, 11) is 0. The van der Waals surface area contributed by atoms with Crippen molar-refractivity contribution in [2.24, 2.45) is 0 Å². The molecule has 0 spiro atoms. The van der Waals surface area contributed by atoms with E-state index in [2.05, 4.69) is 22.1 Å². The molecule has 1 heterocycles. The molecule has 2 aromatic rings. The van der Waals surface area contributed by atoms with Crippen molar-refractivity contribution in [3.05, 3.63) is 48.3 Å². The Morgan fingerprint density at radius 3 is 2.90 bits per heavy atom. The third kappa shape index (κ3) is 6.10. The van der Waals surface area contributed by atoms with E-state index in [1.165, 1.54) is 31.0 Å². The Kier molecular flexibility index (Phi) is 7.75. The number of amides is 1. The summed E-state index contributed by atoms with van der Waals surface area (Å²) in [5, 5.41) is 12.5. The molecule has 1 N–H and O–H groups in total. The molecule has 1 amide bonds. The van der Waals surface area contributed by atoms with Gasteiger partial charge in [0.25, 0.3) is 0 Å². The fraction of sp³-hybridized carbons (Fsp3) is 0.500. The van der Waals surface area contributed by atoms with Crippen molar-refractivity contribution in [1.82, 2.24) is 20.1 Å². The van der Waals surface area contributed by atoms with Gasteiger partial charge in [0.05, 0.1) is 5.75 Å². The highest BCUT2D eigenvalue weighted by molar-refractivity contribution is 7.99. The Morgan fingerprint density at radius 1 is 1.38 bits per heavy atom. The highest BCUT2D eigenvalue weighted by atomic mass is 32.2. The summed E-state index contributed by atoms with van der Waals surface area (Å²) in [5.74, 6) is 1.91. The van der Waals surface area contributed by atoms with E-state index in [1.807, 2.05) is 42.7 Å². The first-order valence-electron chi connectivity index (χ1n) is 10.3. The number of nitrogens with one attached hydrogen (secondary N) is 1. The van der Waals surface area contributed by atoms with Crippen LogP contribution >= 0.6 is 11.8 Å². The van der Waals surface area contributed by atoms with Crippen LogP contribution in [0.5, 0.6) is 5.75 Å². The van der Waals surface area contributed by atoms with Gasteiger partial charge in [-0.05, 0) is 44.4 Å². The van der Waals surface area contributed by atoms with Crippen LogP contribution in [-0.2, 0) is 11.3 Å². The second kappa shape index (κ2) is 10.5. The van der Waals surface area contributed by atoms with Gasteiger partial charge in [-0.2, -0.15) is 0 Å². The Morgan fingerprint density at radius 2 is 2.17 bits per heavy atom. The number of nitrogens with zero attached hydrogens (tertiary/aromatic N) is 3. The largest absolute Gasteiger partial charge is 0.483 e. The first-order valence-corrected chi connectivity index (χ1v) is 11.2. The van der Waals surface area contributed by atoms with Gasteiger partial charge >= 0.3 is 0 Å². The number of ether oxygens (including phenoxy) is 1. The Balaban J connectivity index is 1.62. The van der Waals surface area contributed by atoms with Crippen LogP contribution in [0, 0.1) is 6.92 Å².